The zero-order valence-corrected chi connectivity index (χ0v) is 19.1. The average Bonchev–Trinajstić information content (AvgIpc) is 2.76. The summed E-state index contributed by atoms with van der Waals surface area (Å²) in [4.78, 5) is 13.8. The van der Waals surface area contributed by atoms with Gasteiger partial charge in [-0.3, -0.25) is 4.74 Å². The number of rotatable bonds is 6. The van der Waals surface area contributed by atoms with E-state index in [2.05, 4.69) is 19.9 Å². The molecule has 0 atom stereocenters. The minimum absolute atomic E-state index is 0.0656. The topological polar surface area (TPSA) is 118 Å². The number of aromatic nitrogens is 2. The molecule has 2 aliphatic rings. The van der Waals surface area contributed by atoms with Crippen LogP contribution in [-0.4, -0.2) is 47.4 Å². The number of nitrogens with zero attached hydrogens (tertiary/aromatic N) is 3. The zero-order chi connectivity index (χ0) is 24.5. The van der Waals surface area contributed by atoms with Crippen LogP contribution in [0.25, 0.3) is 11.3 Å². The molecule has 0 spiro atoms. The summed E-state index contributed by atoms with van der Waals surface area (Å²) in [7, 11) is 0. The molecule has 1 fully saturated rings. The van der Waals surface area contributed by atoms with Crippen LogP contribution in [0.2, 0.25) is 0 Å². The highest BCUT2D eigenvalue weighted by Gasteiger charge is 2.41. The van der Waals surface area contributed by atoms with Crippen LogP contribution in [0.15, 0.2) is 29.7 Å². The van der Waals surface area contributed by atoms with Crippen LogP contribution in [0.3, 0.4) is 0 Å². The van der Waals surface area contributed by atoms with Gasteiger partial charge in [0.2, 0.25) is 0 Å². The Balaban J connectivity index is 1.67. The Morgan fingerprint density at radius 1 is 1.09 bits per heavy atom. The molecule has 1 saturated carbocycles. The molecule has 0 aliphatic heterocycles. The van der Waals surface area contributed by atoms with Crippen molar-refractivity contribution in [1.82, 2.24) is 9.97 Å². The van der Waals surface area contributed by atoms with Gasteiger partial charge in [-0.05, 0) is 57.7 Å². The van der Waals surface area contributed by atoms with E-state index in [-0.39, 0.29) is 18.8 Å². The predicted octanol–water partition coefficient (Wildman–Crippen LogP) is 3.92. The highest BCUT2D eigenvalue weighted by Crippen LogP contribution is 2.45. The molecule has 4 N–H and O–H groups in total. The molecule has 2 aliphatic carbocycles. The van der Waals surface area contributed by atoms with Crippen LogP contribution in [0.4, 0.5) is 19.0 Å². The third-order valence-corrected chi connectivity index (χ3v) is 6.21. The molecule has 4 rings (SSSR count). The van der Waals surface area contributed by atoms with Crippen LogP contribution in [0, 0.1) is 0 Å². The molecule has 2 aromatic rings. The van der Waals surface area contributed by atoms with Gasteiger partial charge in [-0.15, -0.1) is 13.2 Å². The first-order valence-corrected chi connectivity index (χ1v) is 11.2. The summed E-state index contributed by atoms with van der Waals surface area (Å²) in [5.74, 6) is 0.959. The summed E-state index contributed by atoms with van der Waals surface area (Å²) >= 11 is 0. The maximum Gasteiger partial charge on any atom is 0.522 e. The van der Waals surface area contributed by atoms with Crippen molar-refractivity contribution in [3.05, 3.63) is 35.7 Å². The minimum Gasteiger partial charge on any atom is -0.490 e. The van der Waals surface area contributed by atoms with Crippen LogP contribution in [0.1, 0.15) is 50.7 Å². The second-order valence-electron chi connectivity index (χ2n) is 9.04. The molecule has 1 aromatic heterocycles. The largest absolute Gasteiger partial charge is 0.522 e. The number of nitrogens with two attached hydrogens (primary N) is 2. The molecule has 0 bridgehead atoms. The zero-order valence-electron chi connectivity index (χ0n) is 19.1. The third kappa shape index (κ3) is 5.10. The van der Waals surface area contributed by atoms with Crippen molar-refractivity contribution >= 4 is 11.5 Å². The normalized spacial score (nSPS) is 22.7. The number of benzene rings is 1. The molecule has 0 saturated heterocycles. The summed E-state index contributed by atoms with van der Waals surface area (Å²) in [6, 6.07) is 5.82. The lowest BCUT2D eigenvalue weighted by Gasteiger charge is -2.35. The maximum atomic E-state index is 12.3. The molecule has 8 nitrogen and oxygen atoms in total. The Kier molecular flexibility index (Phi) is 6.68. The lowest BCUT2D eigenvalue weighted by molar-refractivity contribution is -0.327. The van der Waals surface area contributed by atoms with E-state index < -0.39 is 18.4 Å². The van der Waals surface area contributed by atoms with Crippen LogP contribution in [-0.2, 0) is 15.0 Å². The van der Waals surface area contributed by atoms with Gasteiger partial charge in [0.05, 0.1) is 24.1 Å². The van der Waals surface area contributed by atoms with E-state index in [1.807, 2.05) is 32.0 Å². The molecule has 34 heavy (non-hydrogen) atoms. The van der Waals surface area contributed by atoms with Crippen LogP contribution in [0.5, 0.6) is 5.75 Å². The predicted molar refractivity (Wildman–Crippen MR) is 120 cm³/mol. The molecule has 184 valence electrons. The number of anilines is 1. The highest BCUT2D eigenvalue weighted by molar-refractivity contribution is 6.15. The molecule has 1 heterocycles. The number of alkyl halides is 3. The Bertz CT molecular complexity index is 1070. The van der Waals surface area contributed by atoms with Gasteiger partial charge in [-0.25, -0.2) is 9.97 Å². The van der Waals surface area contributed by atoms with Crippen molar-refractivity contribution in [2.45, 2.75) is 63.5 Å². The molecular weight excluding hydrogens is 451 g/mol. The first-order chi connectivity index (χ1) is 16.1. The smallest absolute Gasteiger partial charge is 0.490 e. The fourth-order valence-corrected chi connectivity index (χ4v) is 4.54. The number of hydrogen-bond acceptors (Lipinski definition) is 8. The fourth-order valence-electron chi connectivity index (χ4n) is 4.54. The van der Waals surface area contributed by atoms with E-state index in [0.717, 1.165) is 31.2 Å². The van der Waals surface area contributed by atoms with Gasteiger partial charge in [-0.1, -0.05) is 5.16 Å². The summed E-state index contributed by atoms with van der Waals surface area (Å²) in [6.45, 7) is 2.72. The van der Waals surface area contributed by atoms with Crippen LogP contribution < -0.4 is 16.2 Å². The van der Waals surface area contributed by atoms with E-state index in [0.29, 0.717) is 34.1 Å². The number of nitrogen functional groups attached to an aromatic ring is 1. The maximum absolute atomic E-state index is 12.3. The number of ether oxygens (including phenoxy) is 2. The summed E-state index contributed by atoms with van der Waals surface area (Å²) in [6.07, 6.45) is 0.304. The molecule has 0 amide bonds. The fraction of sp³-hybridized carbons (Fsp3) is 0.522. The van der Waals surface area contributed by atoms with Crippen molar-refractivity contribution in [1.29, 1.82) is 0 Å². The summed E-state index contributed by atoms with van der Waals surface area (Å²) < 4.78 is 46.8. The standard InChI is InChI=1S/C23H28F3N5O3/c1-22(2)18-19(29-12-30-21(18)28)16-8-7-15(34-14-5-3-13(27)4-6-14)11-17(16)20(22)31-33-10-9-32-23(24,25)26/h7-8,11-14H,3-6,9-10,27H2,1-2H3,(H2,28,29,30)/b31-20+/t13-,14+. The van der Waals surface area contributed by atoms with E-state index in [1.165, 1.54) is 6.33 Å². The summed E-state index contributed by atoms with van der Waals surface area (Å²) in [5, 5.41) is 4.22. The number of fused-ring (bicyclic) bond motifs is 3. The van der Waals surface area contributed by atoms with Gasteiger partial charge in [0, 0.05) is 28.1 Å². The lowest BCUT2D eigenvalue weighted by Crippen LogP contribution is -2.36. The van der Waals surface area contributed by atoms with Gasteiger partial charge >= 0.3 is 6.36 Å². The number of hydrogen-bond donors (Lipinski definition) is 2. The van der Waals surface area contributed by atoms with Crippen molar-refractivity contribution in [2.24, 2.45) is 10.9 Å². The van der Waals surface area contributed by atoms with Gasteiger partial charge < -0.3 is 21.0 Å². The van der Waals surface area contributed by atoms with Gasteiger partial charge in [0.15, 0.2) is 0 Å². The Hall–Kier alpha value is -2.92. The molecule has 11 heteroatoms. The van der Waals surface area contributed by atoms with E-state index in [4.69, 9.17) is 21.0 Å². The van der Waals surface area contributed by atoms with E-state index in [1.54, 1.807) is 0 Å². The number of oxime groups is 1. The first-order valence-electron chi connectivity index (χ1n) is 11.2. The molecule has 1 aromatic carbocycles. The highest BCUT2D eigenvalue weighted by atomic mass is 19.4. The average molecular weight is 480 g/mol. The van der Waals surface area contributed by atoms with Crippen molar-refractivity contribution in [3.63, 3.8) is 0 Å². The Morgan fingerprint density at radius 2 is 1.82 bits per heavy atom. The third-order valence-electron chi connectivity index (χ3n) is 6.21. The van der Waals surface area contributed by atoms with E-state index in [9.17, 15) is 13.2 Å². The number of halogens is 3. The van der Waals surface area contributed by atoms with Crippen molar-refractivity contribution in [3.8, 4) is 17.0 Å². The first kappa shape index (κ1) is 24.2. The van der Waals surface area contributed by atoms with Gasteiger partial charge in [0.25, 0.3) is 0 Å². The molecule has 0 unspecified atom stereocenters. The second-order valence-corrected chi connectivity index (χ2v) is 9.04. The van der Waals surface area contributed by atoms with Crippen LogP contribution >= 0.6 is 0 Å². The summed E-state index contributed by atoms with van der Waals surface area (Å²) in [5.41, 5.74) is 14.7. The van der Waals surface area contributed by atoms with Crippen molar-refractivity contribution in [2.75, 3.05) is 18.9 Å². The monoisotopic (exact) mass is 479 g/mol. The minimum atomic E-state index is -4.73. The Morgan fingerprint density at radius 3 is 2.53 bits per heavy atom. The van der Waals surface area contributed by atoms with E-state index >= 15 is 0 Å². The molecule has 0 radical (unpaired) electrons. The SMILES string of the molecule is CC1(C)/C(=N/OCCOC(F)(F)F)c2cc(O[C@H]3CC[C@@H](N)CC3)ccc2-c2ncnc(N)c21. The van der Waals surface area contributed by atoms with Gasteiger partial charge in [-0.2, -0.15) is 0 Å². The lowest BCUT2D eigenvalue weighted by atomic mass is 9.70. The quantitative estimate of drug-likeness (QED) is 0.476. The van der Waals surface area contributed by atoms with Gasteiger partial charge in [0.1, 0.15) is 24.5 Å². The molecular formula is C23H28F3N5O3. The Labute approximate surface area is 195 Å². The second kappa shape index (κ2) is 9.38. The van der Waals surface area contributed by atoms with Crippen molar-refractivity contribution < 1.29 is 27.5 Å².